The van der Waals surface area contributed by atoms with Crippen LogP contribution in [0.25, 0.3) is 11.0 Å². The van der Waals surface area contributed by atoms with Gasteiger partial charge in [-0.1, -0.05) is 6.07 Å². The Labute approximate surface area is 196 Å². The average molecular weight is 471 g/mol. The van der Waals surface area contributed by atoms with Crippen molar-refractivity contribution in [2.24, 2.45) is 7.05 Å². The average Bonchev–Trinajstić information content (AvgIpc) is 3.06. The summed E-state index contributed by atoms with van der Waals surface area (Å²) in [6.45, 7) is 1.30. The zero-order chi connectivity index (χ0) is 24.4. The largest absolute Gasteiger partial charge is 0.481 e. The Balaban J connectivity index is 1.44. The van der Waals surface area contributed by atoms with E-state index in [2.05, 4.69) is 5.32 Å². The van der Waals surface area contributed by atoms with Crippen LogP contribution in [0.1, 0.15) is 68.9 Å². The molecule has 1 aromatic heterocycles. The molecule has 1 unspecified atom stereocenters. The van der Waals surface area contributed by atoms with Crippen molar-refractivity contribution >= 4 is 34.7 Å². The van der Waals surface area contributed by atoms with Gasteiger partial charge in [0.25, 0.3) is 0 Å². The molecule has 1 aromatic carbocycles. The van der Waals surface area contributed by atoms with Crippen LogP contribution < -0.4 is 11.0 Å². The lowest BCUT2D eigenvalue weighted by Gasteiger charge is -2.32. The van der Waals surface area contributed by atoms with E-state index >= 15 is 0 Å². The summed E-state index contributed by atoms with van der Waals surface area (Å²) in [4.78, 5) is 61.7. The molecular weight excluding hydrogens is 440 g/mol. The van der Waals surface area contributed by atoms with E-state index in [1.165, 1.54) is 4.57 Å². The molecule has 2 aromatic rings. The van der Waals surface area contributed by atoms with Crippen molar-refractivity contribution in [3.05, 3.63) is 34.2 Å². The number of imidazole rings is 1. The van der Waals surface area contributed by atoms with Crippen LogP contribution in [0.5, 0.6) is 0 Å². The molecule has 0 bridgehead atoms. The standard InChI is InChI=1S/C24H30N4O6/c1-26-19-14-16(15-10-12-27(13-11-15)21(30)4-2-3-5-22(31)32)6-7-17(19)28(24(26)34)18-8-9-20(29)25-23(18)33/h6-7,14-15,18H,2-5,8-13H2,1H3,(H,31,32)(H,25,29,33). The number of aliphatic carboxylic acids is 1. The molecule has 3 amide bonds. The highest BCUT2D eigenvalue weighted by molar-refractivity contribution is 6.00. The lowest BCUT2D eigenvalue weighted by atomic mass is 9.89. The van der Waals surface area contributed by atoms with Gasteiger partial charge in [-0.05, 0) is 55.7 Å². The number of nitrogens with one attached hydrogen (secondary N) is 1. The molecule has 3 heterocycles. The number of rotatable bonds is 7. The molecule has 10 heteroatoms. The van der Waals surface area contributed by atoms with E-state index in [4.69, 9.17) is 5.11 Å². The van der Waals surface area contributed by atoms with Gasteiger partial charge in [-0.3, -0.25) is 33.6 Å². The van der Waals surface area contributed by atoms with Crippen LogP contribution in [-0.2, 0) is 26.2 Å². The van der Waals surface area contributed by atoms with Crippen LogP contribution >= 0.6 is 0 Å². The minimum absolute atomic E-state index is 0.0722. The molecule has 4 rings (SSSR count). The Hall–Kier alpha value is -3.43. The number of carbonyl (C=O) groups excluding carboxylic acids is 3. The second-order valence-corrected chi connectivity index (χ2v) is 9.18. The second-order valence-electron chi connectivity index (χ2n) is 9.18. The van der Waals surface area contributed by atoms with Crippen LogP contribution in [0.2, 0.25) is 0 Å². The fraction of sp³-hybridized carbons (Fsp3) is 0.542. The van der Waals surface area contributed by atoms with Gasteiger partial charge in [-0.2, -0.15) is 0 Å². The number of piperidine rings is 2. The molecule has 2 fully saturated rings. The summed E-state index contributed by atoms with van der Waals surface area (Å²) in [6, 6.07) is 5.14. The number of hydrogen-bond acceptors (Lipinski definition) is 5. The number of aromatic nitrogens is 2. The number of likely N-dealkylation sites (tertiary alicyclic amines) is 1. The van der Waals surface area contributed by atoms with Gasteiger partial charge in [0.1, 0.15) is 6.04 Å². The SMILES string of the molecule is Cn1c(=O)n(C2CCC(=O)NC2=O)c2ccc(C3CCN(C(=O)CCCCC(=O)O)CC3)cc21. The van der Waals surface area contributed by atoms with Crippen molar-refractivity contribution in [2.75, 3.05) is 13.1 Å². The Bertz CT molecular complexity index is 1190. The molecule has 182 valence electrons. The number of nitrogens with zero attached hydrogens (tertiary/aromatic N) is 3. The minimum atomic E-state index is -0.838. The molecule has 0 aliphatic carbocycles. The minimum Gasteiger partial charge on any atom is -0.481 e. The van der Waals surface area contributed by atoms with E-state index in [9.17, 15) is 24.0 Å². The highest BCUT2D eigenvalue weighted by Gasteiger charge is 2.31. The maximum Gasteiger partial charge on any atom is 0.329 e. The van der Waals surface area contributed by atoms with Gasteiger partial charge < -0.3 is 10.0 Å². The number of hydrogen-bond donors (Lipinski definition) is 2. The zero-order valence-corrected chi connectivity index (χ0v) is 19.3. The van der Waals surface area contributed by atoms with E-state index in [0.29, 0.717) is 44.3 Å². The number of imide groups is 1. The lowest BCUT2D eigenvalue weighted by molar-refractivity contribution is -0.138. The van der Waals surface area contributed by atoms with Gasteiger partial charge in [0.2, 0.25) is 17.7 Å². The lowest BCUT2D eigenvalue weighted by Crippen LogP contribution is -2.44. The maximum absolute atomic E-state index is 12.9. The molecule has 34 heavy (non-hydrogen) atoms. The van der Waals surface area contributed by atoms with Crippen LogP contribution in [0.3, 0.4) is 0 Å². The first-order chi connectivity index (χ1) is 16.3. The first-order valence-electron chi connectivity index (χ1n) is 11.8. The summed E-state index contributed by atoms with van der Waals surface area (Å²) in [5, 5.41) is 11.0. The smallest absolute Gasteiger partial charge is 0.329 e. The van der Waals surface area contributed by atoms with Gasteiger partial charge >= 0.3 is 11.7 Å². The van der Waals surface area contributed by atoms with E-state index < -0.39 is 17.9 Å². The normalized spacial score (nSPS) is 19.4. The van der Waals surface area contributed by atoms with E-state index in [1.807, 2.05) is 23.1 Å². The van der Waals surface area contributed by atoms with Crippen LogP contribution in [0, 0.1) is 0 Å². The number of carboxylic acid groups (broad SMARTS) is 1. The second kappa shape index (κ2) is 9.82. The van der Waals surface area contributed by atoms with Crippen LogP contribution in [0.4, 0.5) is 0 Å². The van der Waals surface area contributed by atoms with Crippen molar-refractivity contribution in [1.82, 2.24) is 19.4 Å². The highest BCUT2D eigenvalue weighted by atomic mass is 16.4. The first-order valence-corrected chi connectivity index (χ1v) is 11.8. The van der Waals surface area contributed by atoms with Gasteiger partial charge in [-0.25, -0.2) is 4.79 Å². The number of carboxylic acids is 1. The van der Waals surface area contributed by atoms with Crippen LogP contribution in [0.15, 0.2) is 23.0 Å². The Morgan fingerprint density at radius 1 is 1.03 bits per heavy atom. The quantitative estimate of drug-likeness (QED) is 0.468. The summed E-state index contributed by atoms with van der Waals surface area (Å²) in [5.41, 5.74) is 2.21. The number of benzene rings is 1. The first kappa shape index (κ1) is 23.7. The number of amides is 3. The fourth-order valence-corrected chi connectivity index (χ4v) is 5.04. The van der Waals surface area contributed by atoms with E-state index in [-0.39, 0.29) is 36.3 Å². The predicted molar refractivity (Wildman–Crippen MR) is 123 cm³/mol. The molecule has 2 N–H and O–H groups in total. The molecular formula is C24H30N4O6. The number of aryl methyl sites for hydroxylation is 1. The Kier molecular flexibility index (Phi) is 6.85. The molecule has 0 spiro atoms. The van der Waals surface area contributed by atoms with Crippen molar-refractivity contribution < 1.29 is 24.3 Å². The molecule has 2 saturated heterocycles. The van der Waals surface area contributed by atoms with E-state index in [0.717, 1.165) is 23.9 Å². The number of carbonyl (C=O) groups is 4. The van der Waals surface area contributed by atoms with Crippen molar-refractivity contribution in [3.8, 4) is 0 Å². The predicted octanol–water partition coefficient (Wildman–Crippen LogP) is 1.67. The number of unbranched alkanes of at least 4 members (excludes halogenated alkanes) is 1. The summed E-state index contributed by atoms with van der Waals surface area (Å²) < 4.78 is 3.02. The molecule has 0 saturated carbocycles. The highest BCUT2D eigenvalue weighted by Crippen LogP contribution is 2.31. The Morgan fingerprint density at radius 3 is 2.41 bits per heavy atom. The van der Waals surface area contributed by atoms with E-state index in [1.54, 1.807) is 11.6 Å². The monoisotopic (exact) mass is 470 g/mol. The zero-order valence-electron chi connectivity index (χ0n) is 19.3. The topological polar surface area (TPSA) is 131 Å². The maximum atomic E-state index is 12.9. The van der Waals surface area contributed by atoms with Crippen molar-refractivity contribution in [3.63, 3.8) is 0 Å². The Morgan fingerprint density at radius 2 is 1.74 bits per heavy atom. The molecule has 2 aliphatic heterocycles. The summed E-state index contributed by atoms with van der Waals surface area (Å²) >= 11 is 0. The van der Waals surface area contributed by atoms with Gasteiger partial charge in [0, 0.05) is 39.4 Å². The summed E-state index contributed by atoms with van der Waals surface area (Å²) in [5.74, 6) is -1.27. The number of fused-ring (bicyclic) bond motifs is 1. The molecule has 1 atom stereocenters. The third-order valence-corrected chi connectivity index (χ3v) is 6.99. The third-order valence-electron chi connectivity index (χ3n) is 6.99. The molecule has 2 aliphatic rings. The third kappa shape index (κ3) is 4.76. The summed E-state index contributed by atoms with van der Waals surface area (Å²) in [6.07, 6.45) is 3.69. The van der Waals surface area contributed by atoms with Gasteiger partial charge in [-0.15, -0.1) is 0 Å². The van der Waals surface area contributed by atoms with Crippen LogP contribution in [-0.4, -0.2) is 55.9 Å². The molecule has 10 nitrogen and oxygen atoms in total. The van der Waals surface area contributed by atoms with Gasteiger partial charge in [0.15, 0.2) is 0 Å². The van der Waals surface area contributed by atoms with Crippen molar-refractivity contribution in [2.45, 2.75) is 63.3 Å². The van der Waals surface area contributed by atoms with Gasteiger partial charge in [0.05, 0.1) is 11.0 Å². The molecule has 0 radical (unpaired) electrons. The fourth-order valence-electron chi connectivity index (χ4n) is 5.04. The summed E-state index contributed by atoms with van der Waals surface area (Å²) in [7, 11) is 1.68. The van der Waals surface area contributed by atoms with Crippen molar-refractivity contribution in [1.29, 1.82) is 0 Å².